The van der Waals surface area contributed by atoms with Crippen LogP contribution in [0.4, 0.5) is 5.82 Å². The number of hydrogen-bond donors (Lipinski definition) is 1. The van der Waals surface area contributed by atoms with Crippen LogP contribution in [0.15, 0.2) is 30.5 Å². The van der Waals surface area contributed by atoms with E-state index in [0.717, 1.165) is 5.56 Å². The Morgan fingerprint density at radius 1 is 1.41 bits per heavy atom. The van der Waals surface area contributed by atoms with Crippen LogP contribution in [0.25, 0.3) is 0 Å². The molecule has 1 heterocycles. The van der Waals surface area contributed by atoms with Crippen LogP contribution < -0.4 is 5.32 Å². The third kappa shape index (κ3) is 3.29. The highest BCUT2D eigenvalue weighted by Crippen LogP contribution is 2.10. The first-order valence-corrected chi connectivity index (χ1v) is 5.42. The SMILES string of the molecule is Cn1ncc(NC(=O)Cc2ccc(Cl)cc2)n1. The van der Waals surface area contributed by atoms with Crippen LogP contribution in [0.2, 0.25) is 5.02 Å². The molecule has 6 heteroatoms. The largest absolute Gasteiger partial charge is 0.308 e. The summed E-state index contributed by atoms with van der Waals surface area (Å²) in [5.41, 5.74) is 0.899. The molecule has 17 heavy (non-hydrogen) atoms. The second-order valence-electron chi connectivity index (χ2n) is 3.57. The molecule has 88 valence electrons. The maximum absolute atomic E-state index is 11.7. The van der Waals surface area contributed by atoms with Crippen LogP contribution in [0.1, 0.15) is 5.56 Å². The monoisotopic (exact) mass is 250 g/mol. The van der Waals surface area contributed by atoms with Crippen molar-refractivity contribution in [1.29, 1.82) is 0 Å². The predicted molar refractivity (Wildman–Crippen MR) is 64.8 cm³/mol. The van der Waals surface area contributed by atoms with E-state index in [1.54, 1.807) is 19.2 Å². The molecule has 1 aromatic heterocycles. The highest BCUT2D eigenvalue weighted by atomic mass is 35.5. The van der Waals surface area contributed by atoms with Gasteiger partial charge in [0.2, 0.25) is 5.91 Å². The van der Waals surface area contributed by atoms with Crippen LogP contribution in [-0.4, -0.2) is 20.9 Å². The van der Waals surface area contributed by atoms with Gasteiger partial charge in [-0.2, -0.15) is 9.90 Å². The number of hydrogen-bond acceptors (Lipinski definition) is 3. The van der Waals surface area contributed by atoms with Gasteiger partial charge in [0.15, 0.2) is 5.82 Å². The number of carbonyl (C=O) groups excluding carboxylic acids is 1. The van der Waals surface area contributed by atoms with Crippen molar-refractivity contribution in [3.63, 3.8) is 0 Å². The molecule has 5 nitrogen and oxygen atoms in total. The highest BCUT2D eigenvalue weighted by molar-refractivity contribution is 6.30. The number of aryl methyl sites for hydroxylation is 1. The van der Waals surface area contributed by atoms with Gasteiger partial charge in [-0.15, -0.1) is 5.10 Å². The van der Waals surface area contributed by atoms with Gasteiger partial charge in [-0.3, -0.25) is 4.79 Å². The minimum absolute atomic E-state index is 0.132. The van der Waals surface area contributed by atoms with Crippen molar-refractivity contribution in [1.82, 2.24) is 15.0 Å². The fraction of sp³-hybridized carbons (Fsp3) is 0.182. The van der Waals surface area contributed by atoms with Crippen molar-refractivity contribution in [2.45, 2.75) is 6.42 Å². The molecule has 0 aliphatic rings. The van der Waals surface area contributed by atoms with E-state index in [-0.39, 0.29) is 12.3 Å². The fourth-order valence-electron chi connectivity index (χ4n) is 1.38. The van der Waals surface area contributed by atoms with Gasteiger partial charge in [0.1, 0.15) is 0 Å². The number of anilines is 1. The summed E-state index contributed by atoms with van der Waals surface area (Å²) < 4.78 is 0. The molecule has 0 radical (unpaired) electrons. The molecule has 0 saturated carbocycles. The third-order valence-electron chi connectivity index (χ3n) is 2.15. The summed E-state index contributed by atoms with van der Waals surface area (Å²) in [7, 11) is 1.69. The summed E-state index contributed by atoms with van der Waals surface area (Å²) in [6.45, 7) is 0. The van der Waals surface area contributed by atoms with Gasteiger partial charge in [-0.1, -0.05) is 23.7 Å². The molecule has 1 aromatic carbocycles. The van der Waals surface area contributed by atoms with Crippen molar-refractivity contribution in [2.75, 3.05) is 5.32 Å². The molecule has 0 unspecified atom stereocenters. The van der Waals surface area contributed by atoms with Crippen molar-refractivity contribution in [3.8, 4) is 0 Å². The smallest absolute Gasteiger partial charge is 0.230 e. The van der Waals surface area contributed by atoms with Gasteiger partial charge in [-0.05, 0) is 17.7 Å². The number of amides is 1. The third-order valence-corrected chi connectivity index (χ3v) is 2.40. The first kappa shape index (κ1) is 11.6. The van der Waals surface area contributed by atoms with E-state index in [9.17, 15) is 4.79 Å². The minimum Gasteiger partial charge on any atom is -0.308 e. The van der Waals surface area contributed by atoms with E-state index in [2.05, 4.69) is 15.5 Å². The van der Waals surface area contributed by atoms with Crippen LogP contribution in [0.3, 0.4) is 0 Å². The summed E-state index contributed by atoms with van der Waals surface area (Å²) in [5, 5.41) is 11.1. The lowest BCUT2D eigenvalue weighted by molar-refractivity contribution is -0.115. The predicted octanol–water partition coefficient (Wildman–Crippen LogP) is 1.65. The summed E-state index contributed by atoms with van der Waals surface area (Å²) in [4.78, 5) is 13.0. The Hall–Kier alpha value is -1.88. The lowest BCUT2D eigenvalue weighted by atomic mass is 10.1. The van der Waals surface area contributed by atoms with Crippen LogP contribution in [-0.2, 0) is 18.3 Å². The molecule has 0 saturated heterocycles. The Morgan fingerprint density at radius 2 is 2.12 bits per heavy atom. The topological polar surface area (TPSA) is 59.8 Å². The molecular weight excluding hydrogens is 240 g/mol. The Labute approximate surface area is 103 Å². The molecule has 1 N–H and O–H groups in total. The average Bonchev–Trinajstić information content (AvgIpc) is 2.67. The van der Waals surface area contributed by atoms with Gasteiger partial charge in [0.25, 0.3) is 0 Å². The quantitative estimate of drug-likeness (QED) is 0.901. The van der Waals surface area contributed by atoms with Crippen LogP contribution in [0.5, 0.6) is 0 Å². The summed E-state index contributed by atoms with van der Waals surface area (Å²) in [5.74, 6) is 0.319. The lowest BCUT2D eigenvalue weighted by Crippen LogP contribution is -2.14. The molecule has 0 aliphatic carbocycles. The molecule has 1 amide bonds. The van der Waals surface area contributed by atoms with E-state index >= 15 is 0 Å². The maximum Gasteiger partial charge on any atom is 0.230 e. The van der Waals surface area contributed by atoms with Gasteiger partial charge < -0.3 is 5.32 Å². The van der Waals surface area contributed by atoms with Crippen molar-refractivity contribution in [3.05, 3.63) is 41.0 Å². The number of benzene rings is 1. The number of nitrogens with one attached hydrogen (secondary N) is 1. The molecule has 2 aromatic rings. The van der Waals surface area contributed by atoms with E-state index in [1.165, 1.54) is 11.0 Å². The van der Waals surface area contributed by atoms with E-state index in [0.29, 0.717) is 10.8 Å². The fourth-order valence-corrected chi connectivity index (χ4v) is 1.50. The zero-order valence-corrected chi connectivity index (χ0v) is 9.98. The zero-order chi connectivity index (χ0) is 12.3. The number of halogens is 1. The van der Waals surface area contributed by atoms with Gasteiger partial charge in [0.05, 0.1) is 12.6 Å². The Bertz CT molecular complexity index is 521. The van der Waals surface area contributed by atoms with Crippen molar-refractivity contribution in [2.24, 2.45) is 7.05 Å². The van der Waals surface area contributed by atoms with Crippen LogP contribution >= 0.6 is 11.6 Å². The lowest BCUT2D eigenvalue weighted by Gasteiger charge is -2.01. The number of rotatable bonds is 3. The summed E-state index contributed by atoms with van der Waals surface area (Å²) in [6.07, 6.45) is 1.79. The first-order valence-electron chi connectivity index (χ1n) is 5.04. The average molecular weight is 251 g/mol. The Balaban J connectivity index is 1.95. The zero-order valence-electron chi connectivity index (χ0n) is 9.22. The standard InChI is InChI=1S/C11H11ClN4O/c1-16-13-7-10(15-16)14-11(17)6-8-2-4-9(12)5-3-8/h2-5,7H,6H2,1H3,(H,14,15,17). The molecule has 0 spiro atoms. The highest BCUT2D eigenvalue weighted by Gasteiger charge is 2.06. The number of aromatic nitrogens is 3. The van der Waals surface area contributed by atoms with Gasteiger partial charge in [-0.25, -0.2) is 0 Å². The first-order chi connectivity index (χ1) is 8.13. The summed E-state index contributed by atoms with van der Waals surface area (Å²) >= 11 is 5.76. The number of nitrogens with zero attached hydrogens (tertiary/aromatic N) is 3. The van der Waals surface area contributed by atoms with Gasteiger partial charge >= 0.3 is 0 Å². The molecule has 0 aliphatic heterocycles. The maximum atomic E-state index is 11.7. The van der Waals surface area contributed by atoms with Crippen molar-refractivity contribution >= 4 is 23.3 Å². The molecule has 0 fully saturated rings. The molecule has 2 rings (SSSR count). The Morgan fingerprint density at radius 3 is 2.71 bits per heavy atom. The van der Waals surface area contributed by atoms with E-state index in [1.807, 2.05) is 12.1 Å². The Kier molecular flexibility index (Phi) is 3.39. The normalized spacial score (nSPS) is 10.2. The molecule has 0 atom stereocenters. The van der Waals surface area contributed by atoms with Gasteiger partial charge in [0, 0.05) is 12.1 Å². The van der Waals surface area contributed by atoms with E-state index < -0.39 is 0 Å². The van der Waals surface area contributed by atoms with E-state index in [4.69, 9.17) is 11.6 Å². The molecule has 0 bridgehead atoms. The second-order valence-corrected chi connectivity index (χ2v) is 4.01. The summed E-state index contributed by atoms with van der Waals surface area (Å²) in [6, 6.07) is 7.15. The van der Waals surface area contributed by atoms with Crippen LogP contribution in [0, 0.1) is 0 Å². The minimum atomic E-state index is -0.132. The second kappa shape index (κ2) is 4.97. The molecular formula is C11H11ClN4O. The van der Waals surface area contributed by atoms with Crippen molar-refractivity contribution < 1.29 is 4.79 Å². The number of carbonyl (C=O) groups is 1.